The molecule has 106 valence electrons. The normalized spacial score (nSPS) is 12.1. The molecule has 1 unspecified atom stereocenters. The van der Waals surface area contributed by atoms with Gasteiger partial charge in [0, 0.05) is 6.08 Å². The Kier molecular flexibility index (Phi) is 5.40. The Morgan fingerprint density at radius 2 is 2.10 bits per heavy atom. The maximum absolute atomic E-state index is 12.9. The monoisotopic (exact) mass is 280 g/mol. The van der Waals surface area contributed by atoms with Crippen LogP contribution in [0.5, 0.6) is 0 Å². The van der Waals surface area contributed by atoms with Crippen molar-refractivity contribution in [3.8, 4) is 0 Å². The summed E-state index contributed by atoms with van der Waals surface area (Å²) in [6, 6.07) is 4.12. The summed E-state index contributed by atoms with van der Waals surface area (Å²) in [4.78, 5) is 32.9. The minimum Gasteiger partial charge on any atom is -0.480 e. The lowest BCUT2D eigenvalue weighted by atomic mass is 10.2. The number of rotatable bonds is 6. The molecular weight excluding hydrogens is 267 g/mol. The molecule has 0 radical (unpaired) electrons. The minimum atomic E-state index is -1.39. The molecule has 0 aliphatic rings. The molecule has 0 saturated carbocycles. The Labute approximate surface area is 114 Å². The van der Waals surface area contributed by atoms with Crippen LogP contribution in [-0.2, 0) is 14.4 Å². The third-order valence-electron chi connectivity index (χ3n) is 2.30. The molecule has 20 heavy (non-hydrogen) atoms. The van der Waals surface area contributed by atoms with E-state index in [9.17, 15) is 18.8 Å². The third kappa shape index (κ3) is 5.30. The first-order valence-electron chi connectivity index (χ1n) is 5.63. The van der Waals surface area contributed by atoms with Crippen molar-refractivity contribution in [2.75, 3.05) is 0 Å². The summed E-state index contributed by atoms with van der Waals surface area (Å²) in [6.45, 7) is 0. The number of nitrogens with one attached hydrogen (secondary N) is 1. The molecule has 0 saturated heterocycles. The smallest absolute Gasteiger partial charge is 0.326 e. The van der Waals surface area contributed by atoms with Crippen LogP contribution >= 0.6 is 0 Å². The predicted octanol–water partition coefficient (Wildman–Crippen LogP) is 0.284. The van der Waals surface area contributed by atoms with Crippen LogP contribution in [0.4, 0.5) is 4.39 Å². The maximum atomic E-state index is 12.9. The topological polar surface area (TPSA) is 109 Å². The van der Waals surface area contributed by atoms with Crippen molar-refractivity contribution in [3.63, 3.8) is 0 Å². The van der Waals surface area contributed by atoms with Gasteiger partial charge in [0.05, 0.1) is 6.42 Å². The lowest BCUT2D eigenvalue weighted by molar-refractivity contribution is -0.142. The van der Waals surface area contributed by atoms with E-state index in [1.807, 2.05) is 0 Å². The first kappa shape index (κ1) is 15.4. The molecule has 6 nitrogen and oxygen atoms in total. The average molecular weight is 280 g/mol. The van der Waals surface area contributed by atoms with E-state index in [0.29, 0.717) is 5.56 Å². The van der Waals surface area contributed by atoms with Crippen LogP contribution in [0.25, 0.3) is 6.08 Å². The highest BCUT2D eigenvalue weighted by atomic mass is 19.1. The highest BCUT2D eigenvalue weighted by Crippen LogP contribution is 2.05. The van der Waals surface area contributed by atoms with Gasteiger partial charge in [0.2, 0.25) is 11.8 Å². The molecule has 0 heterocycles. The van der Waals surface area contributed by atoms with Crippen LogP contribution in [0.2, 0.25) is 0 Å². The van der Waals surface area contributed by atoms with Gasteiger partial charge in [-0.05, 0) is 23.8 Å². The van der Waals surface area contributed by atoms with Gasteiger partial charge in [-0.1, -0.05) is 12.1 Å². The molecule has 1 aromatic rings. The SMILES string of the molecule is NC(=O)CC(NC(=O)/C=C/c1cccc(F)c1)C(=O)O. The molecule has 0 bridgehead atoms. The number of halogens is 1. The molecule has 0 aromatic heterocycles. The first-order chi connectivity index (χ1) is 9.38. The fraction of sp³-hybridized carbons (Fsp3) is 0.154. The Morgan fingerprint density at radius 3 is 2.65 bits per heavy atom. The third-order valence-corrected chi connectivity index (χ3v) is 2.30. The van der Waals surface area contributed by atoms with Gasteiger partial charge in [-0.3, -0.25) is 9.59 Å². The van der Waals surface area contributed by atoms with Gasteiger partial charge in [-0.25, -0.2) is 9.18 Å². The Morgan fingerprint density at radius 1 is 1.40 bits per heavy atom. The van der Waals surface area contributed by atoms with E-state index in [-0.39, 0.29) is 0 Å². The maximum Gasteiger partial charge on any atom is 0.326 e. The van der Waals surface area contributed by atoms with Crippen molar-refractivity contribution < 1.29 is 23.9 Å². The number of aliphatic carboxylic acids is 1. The summed E-state index contributed by atoms with van der Waals surface area (Å²) in [5.74, 6) is -3.38. The van der Waals surface area contributed by atoms with Gasteiger partial charge in [0.15, 0.2) is 0 Å². The fourth-order valence-corrected chi connectivity index (χ4v) is 1.40. The molecule has 1 aromatic carbocycles. The number of carbonyl (C=O) groups is 3. The van der Waals surface area contributed by atoms with E-state index in [1.54, 1.807) is 6.07 Å². The molecule has 0 spiro atoms. The van der Waals surface area contributed by atoms with Gasteiger partial charge < -0.3 is 16.2 Å². The summed E-state index contributed by atoms with van der Waals surface area (Å²) in [6.07, 6.45) is 1.86. The standard InChI is InChI=1S/C13H13FN2O4/c14-9-3-1-2-8(6-9)4-5-12(18)16-10(13(19)20)7-11(15)17/h1-6,10H,7H2,(H2,15,17)(H,16,18)(H,19,20)/b5-4+. The van der Waals surface area contributed by atoms with Crippen molar-refractivity contribution in [1.29, 1.82) is 0 Å². The van der Waals surface area contributed by atoms with E-state index in [4.69, 9.17) is 10.8 Å². The summed E-state index contributed by atoms with van der Waals surface area (Å²) in [5.41, 5.74) is 5.32. The highest BCUT2D eigenvalue weighted by molar-refractivity contribution is 5.95. The van der Waals surface area contributed by atoms with Crippen LogP contribution < -0.4 is 11.1 Å². The van der Waals surface area contributed by atoms with E-state index >= 15 is 0 Å². The van der Waals surface area contributed by atoms with Crippen molar-refractivity contribution in [2.24, 2.45) is 5.73 Å². The summed E-state index contributed by atoms with van der Waals surface area (Å²) in [7, 11) is 0. The van der Waals surface area contributed by atoms with Crippen LogP contribution in [-0.4, -0.2) is 28.9 Å². The second-order valence-electron chi connectivity index (χ2n) is 3.96. The number of hydrogen-bond acceptors (Lipinski definition) is 3. The van der Waals surface area contributed by atoms with Crippen molar-refractivity contribution in [2.45, 2.75) is 12.5 Å². The van der Waals surface area contributed by atoms with Gasteiger partial charge in [0.25, 0.3) is 0 Å². The molecule has 1 atom stereocenters. The molecule has 7 heteroatoms. The lowest BCUT2D eigenvalue weighted by Crippen LogP contribution is -2.42. The van der Waals surface area contributed by atoms with Crippen LogP contribution in [0, 0.1) is 5.82 Å². The highest BCUT2D eigenvalue weighted by Gasteiger charge is 2.20. The minimum absolute atomic E-state index is 0.446. The summed E-state index contributed by atoms with van der Waals surface area (Å²) >= 11 is 0. The zero-order valence-corrected chi connectivity index (χ0v) is 10.4. The quantitative estimate of drug-likeness (QED) is 0.650. The predicted molar refractivity (Wildman–Crippen MR) is 68.8 cm³/mol. The number of amides is 2. The van der Waals surface area contributed by atoms with Gasteiger partial charge in [-0.2, -0.15) is 0 Å². The number of primary amides is 1. The van der Waals surface area contributed by atoms with Crippen molar-refractivity contribution in [3.05, 3.63) is 41.7 Å². The summed E-state index contributed by atoms with van der Waals surface area (Å²) in [5, 5.41) is 10.9. The fourth-order valence-electron chi connectivity index (χ4n) is 1.40. The van der Waals surface area contributed by atoms with E-state index < -0.39 is 36.1 Å². The molecule has 0 fully saturated rings. The van der Waals surface area contributed by atoms with E-state index in [1.165, 1.54) is 24.3 Å². The number of nitrogens with two attached hydrogens (primary N) is 1. The molecule has 2 amide bonds. The summed E-state index contributed by atoms with van der Waals surface area (Å²) < 4.78 is 12.9. The Bertz CT molecular complexity index is 557. The Balaban J connectivity index is 2.66. The van der Waals surface area contributed by atoms with Gasteiger partial charge in [0.1, 0.15) is 11.9 Å². The second kappa shape index (κ2) is 7.03. The van der Waals surface area contributed by atoms with Gasteiger partial charge >= 0.3 is 5.97 Å². The molecule has 0 aliphatic heterocycles. The van der Waals surface area contributed by atoms with E-state index in [0.717, 1.165) is 6.08 Å². The number of benzene rings is 1. The van der Waals surface area contributed by atoms with Crippen LogP contribution in [0.15, 0.2) is 30.3 Å². The molecule has 4 N–H and O–H groups in total. The zero-order chi connectivity index (χ0) is 15.1. The number of hydrogen-bond donors (Lipinski definition) is 3. The number of carbonyl (C=O) groups excluding carboxylic acids is 2. The molecule has 1 rings (SSSR count). The average Bonchev–Trinajstić information content (AvgIpc) is 2.35. The molecule has 0 aliphatic carbocycles. The zero-order valence-electron chi connectivity index (χ0n) is 10.4. The van der Waals surface area contributed by atoms with Gasteiger partial charge in [-0.15, -0.1) is 0 Å². The number of carboxylic acids is 1. The number of carboxylic acid groups (broad SMARTS) is 1. The van der Waals surface area contributed by atoms with Crippen molar-refractivity contribution >= 4 is 23.9 Å². The molecular formula is C13H13FN2O4. The van der Waals surface area contributed by atoms with Crippen LogP contribution in [0.1, 0.15) is 12.0 Å². The largest absolute Gasteiger partial charge is 0.480 e. The second-order valence-corrected chi connectivity index (χ2v) is 3.96. The first-order valence-corrected chi connectivity index (χ1v) is 5.63. The lowest BCUT2D eigenvalue weighted by Gasteiger charge is -2.10. The van der Waals surface area contributed by atoms with E-state index in [2.05, 4.69) is 5.32 Å². The Hall–Kier alpha value is -2.70. The van der Waals surface area contributed by atoms with Crippen molar-refractivity contribution in [1.82, 2.24) is 5.32 Å². The van der Waals surface area contributed by atoms with Crippen LogP contribution in [0.3, 0.4) is 0 Å².